The molecule has 2 aromatic heterocycles. The SMILES string of the molecule is COc1ccc(Cn2cc3c(n2)C=CCCC3=O)cc1.COc1ccc(Cn2cc3c(n2)CCCCC3=O)cc1. The Morgan fingerprint density at radius 3 is 1.88 bits per heavy atom. The van der Waals surface area contributed by atoms with Crippen molar-refractivity contribution in [2.24, 2.45) is 0 Å². The van der Waals surface area contributed by atoms with Crippen molar-refractivity contribution in [1.82, 2.24) is 19.6 Å². The molecule has 2 heterocycles. The number of nitrogens with zero attached hydrogens (tertiary/aromatic N) is 4. The Hall–Kier alpha value is -4.46. The molecule has 0 saturated carbocycles. The minimum absolute atomic E-state index is 0.172. The third-order valence-corrected chi connectivity index (χ3v) is 7.12. The van der Waals surface area contributed by atoms with Crippen LogP contribution in [0.5, 0.6) is 11.5 Å². The van der Waals surface area contributed by atoms with Crippen LogP contribution in [0, 0.1) is 0 Å². The normalized spacial score (nSPS) is 14.3. The third kappa shape index (κ3) is 6.57. The number of carbonyl (C=O) groups is 2. The molecule has 2 aliphatic rings. The Labute approximate surface area is 234 Å². The highest BCUT2D eigenvalue weighted by Gasteiger charge is 2.19. The van der Waals surface area contributed by atoms with Gasteiger partial charge in [0.1, 0.15) is 11.5 Å². The maximum Gasteiger partial charge on any atom is 0.166 e. The maximum atomic E-state index is 12.0. The van der Waals surface area contributed by atoms with Crippen LogP contribution in [0.2, 0.25) is 0 Å². The lowest BCUT2D eigenvalue weighted by Gasteiger charge is -2.04. The van der Waals surface area contributed by atoms with E-state index in [2.05, 4.69) is 10.2 Å². The van der Waals surface area contributed by atoms with Crippen LogP contribution in [-0.2, 0) is 19.5 Å². The van der Waals surface area contributed by atoms with E-state index < -0.39 is 0 Å². The van der Waals surface area contributed by atoms with Crippen molar-refractivity contribution < 1.29 is 19.1 Å². The van der Waals surface area contributed by atoms with Gasteiger partial charge < -0.3 is 9.47 Å². The first kappa shape index (κ1) is 27.1. The number of aromatic nitrogens is 4. The fourth-order valence-electron chi connectivity index (χ4n) is 4.91. The Morgan fingerprint density at radius 2 is 1.25 bits per heavy atom. The summed E-state index contributed by atoms with van der Waals surface area (Å²) in [6.45, 7) is 1.34. The number of rotatable bonds is 6. The number of carbonyl (C=O) groups excluding carboxylic acids is 2. The van der Waals surface area contributed by atoms with Crippen LogP contribution < -0.4 is 9.47 Å². The van der Waals surface area contributed by atoms with Crippen molar-refractivity contribution in [3.63, 3.8) is 0 Å². The van der Waals surface area contributed by atoms with E-state index in [4.69, 9.17) is 9.47 Å². The molecular weight excluding hydrogens is 504 g/mol. The zero-order chi connectivity index (χ0) is 27.9. The molecule has 0 fully saturated rings. The number of hydrogen-bond donors (Lipinski definition) is 0. The van der Waals surface area contributed by atoms with Gasteiger partial charge in [-0.15, -0.1) is 0 Å². The second-order valence-corrected chi connectivity index (χ2v) is 10.0. The van der Waals surface area contributed by atoms with Gasteiger partial charge in [0.05, 0.1) is 49.8 Å². The minimum atomic E-state index is 0.172. The quantitative estimate of drug-likeness (QED) is 0.289. The van der Waals surface area contributed by atoms with E-state index in [1.807, 2.05) is 82.4 Å². The fourth-order valence-corrected chi connectivity index (χ4v) is 4.91. The molecule has 0 amide bonds. The van der Waals surface area contributed by atoms with E-state index in [1.165, 1.54) is 0 Å². The van der Waals surface area contributed by atoms with Crippen LogP contribution >= 0.6 is 0 Å². The molecule has 8 heteroatoms. The summed E-state index contributed by atoms with van der Waals surface area (Å²) in [4.78, 5) is 23.9. The Kier molecular flexibility index (Phi) is 8.54. The summed E-state index contributed by atoms with van der Waals surface area (Å²) in [7, 11) is 3.31. The lowest BCUT2D eigenvalue weighted by Crippen LogP contribution is -2.01. The first-order valence-corrected chi connectivity index (χ1v) is 13.6. The van der Waals surface area contributed by atoms with Crippen LogP contribution in [0.15, 0.2) is 67.0 Å². The molecule has 0 aliphatic heterocycles. The number of hydrogen-bond acceptors (Lipinski definition) is 6. The third-order valence-electron chi connectivity index (χ3n) is 7.12. The van der Waals surface area contributed by atoms with Gasteiger partial charge in [0.25, 0.3) is 0 Å². The molecule has 0 radical (unpaired) electrons. The summed E-state index contributed by atoms with van der Waals surface area (Å²) in [5.74, 6) is 2.09. The van der Waals surface area contributed by atoms with Gasteiger partial charge >= 0.3 is 0 Å². The van der Waals surface area contributed by atoms with E-state index in [0.29, 0.717) is 25.9 Å². The van der Waals surface area contributed by atoms with E-state index >= 15 is 0 Å². The summed E-state index contributed by atoms with van der Waals surface area (Å²) in [6, 6.07) is 15.8. The van der Waals surface area contributed by atoms with Gasteiger partial charge in [-0.3, -0.25) is 19.0 Å². The Balaban J connectivity index is 0.000000161. The summed E-state index contributed by atoms with van der Waals surface area (Å²) < 4.78 is 14.0. The number of benzene rings is 2. The molecule has 4 aromatic rings. The predicted octanol–water partition coefficient (Wildman–Crippen LogP) is 5.78. The molecule has 0 unspecified atom stereocenters. The van der Waals surface area contributed by atoms with Gasteiger partial charge in [-0.2, -0.15) is 10.2 Å². The smallest absolute Gasteiger partial charge is 0.166 e. The standard InChI is InChI=1S/C16H18N2O2.C16H16N2O2/c2*1-20-13-8-6-12(7-9-13)10-18-11-14-15(17-18)4-2-3-5-16(14)19/h6-9,11H,2-5,10H2,1H3;2,4,6-9,11H,3,5,10H2,1H3. The molecule has 0 saturated heterocycles. The van der Waals surface area contributed by atoms with Crippen LogP contribution in [0.4, 0.5) is 0 Å². The molecule has 0 bridgehead atoms. The molecule has 206 valence electrons. The summed E-state index contributed by atoms with van der Waals surface area (Å²) in [6.07, 6.45) is 12.7. The molecule has 0 atom stereocenters. The summed E-state index contributed by atoms with van der Waals surface area (Å²) in [5, 5.41) is 9.04. The fraction of sp³-hybridized carbons (Fsp3) is 0.312. The topological polar surface area (TPSA) is 88.2 Å². The number of allylic oxidation sites excluding steroid dienone is 1. The molecule has 2 aromatic carbocycles. The molecular formula is C32H34N4O4. The zero-order valence-electron chi connectivity index (χ0n) is 23.0. The number of fused-ring (bicyclic) bond motifs is 2. The molecule has 2 aliphatic carbocycles. The summed E-state index contributed by atoms with van der Waals surface area (Å²) >= 11 is 0. The first-order valence-electron chi connectivity index (χ1n) is 13.6. The minimum Gasteiger partial charge on any atom is -0.497 e. The Morgan fingerprint density at radius 1 is 0.700 bits per heavy atom. The van der Waals surface area contributed by atoms with Crippen molar-refractivity contribution in [3.05, 3.63) is 101 Å². The highest BCUT2D eigenvalue weighted by Crippen LogP contribution is 2.21. The molecule has 8 nitrogen and oxygen atoms in total. The van der Waals surface area contributed by atoms with Crippen LogP contribution in [0.25, 0.3) is 6.08 Å². The lowest BCUT2D eigenvalue weighted by atomic mass is 10.1. The largest absolute Gasteiger partial charge is 0.497 e. The molecule has 0 spiro atoms. The highest BCUT2D eigenvalue weighted by molar-refractivity contribution is 5.99. The maximum absolute atomic E-state index is 12.0. The van der Waals surface area contributed by atoms with Crippen LogP contribution in [-0.4, -0.2) is 45.3 Å². The van der Waals surface area contributed by atoms with E-state index in [9.17, 15) is 9.59 Å². The molecule has 40 heavy (non-hydrogen) atoms. The van der Waals surface area contributed by atoms with Gasteiger partial charge in [0.15, 0.2) is 11.6 Å². The van der Waals surface area contributed by atoms with Crippen molar-refractivity contribution >= 4 is 17.6 Å². The van der Waals surface area contributed by atoms with Crippen molar-refractivity contribution in [3.8, 4) is 11.5 Å². The van der Waals surface area contributed by atoms with Crippen LogP contribution in [0.1, 0.15) is 75.3 Å². The van der Waals surface area contributed by atoms with E-state index in [0.717, 1.165) is 70.8 Å². The van der Waals surface area contributed by atoms with Gasteiger partial charge in [-0.05, 0) is 67.2 Å². The van der Waals surface area contributed by atoms with Crippen molar-refractivity contribution in [2.75, 3.05) is 14.2 Å². The van der Waals surface area contributed by atoms with Gasteiger partial charge in [0.2, 0.25) is 0 Å². The van der Waals surface area contributed by atoms with Gasteiger partial charge in [0, 0.05) is 25.2 Å². The van der Waals surface area contributed by atoms with E-state index in [1.54, 1.807) is 14.2 Å². The van der Waals surface area contributed by atoms with Crippen molar-refractivity contribution in [2.45, 2.75) is 51.6 Å². The number of methoxy groups -OCH3 is 2. The van der Waals surface area contributed by atoms with E-state index in [-0.39, 0.29) is 11.6 Å². The number of ketones is 2. The monoisotopic (exact) mass is 538 g/mol. The number of Topliss-reactive ketones (excluding diaryl/α,β-unsaturated/α-hetero) is 2. The lowest BCUT2D eigenvalue weighted by molar-refractivity contribution is 0.0975. The van der Waals surface area contributed by atoms with Gasteiger partial charge in [-0.1, -0.05) is 30.3 Å². The average molecular weight is 539 g/mol. The first-order chi connectivity index (χ1) is 19.5. The predicted molar refractivity (Wildman–Crippen MR) is 153 cm³/mol. The Bertz CT molecular complexity index is 1490. The zero-order valence-corrected chi connectivity index (χ0v) is 23.0. The number of aryl methyl sites for hydroxylation is 1. The summed E-state index contributed by atoms with van der Waals surface area (Å²) in [5.41, 5.74) is 5.56. The average Bonchev–Trinajstić information content (AvgIpc) is 3.48. The van der Waals surface area contributed by atoms with Gasteiger partial charge in [-0.25, -0.2) is 0 Å². The van der Waals surface area contributed by atoms with Crippen LogP contribution in [0.3, 0.4) is 0 Å². The second kappa shape index (κ2) is 12.6. The highest BCUT2D eigenvalue weighted by atomic mass is 16.5. The number of ether oxygens (including phenoxy) is 2. The van der Waals surface area contributed by atoms with Crippen molar-refractivity contribution in [1.29, 1.82) is 0 Å². The second-order valence-electron chi connectivity index (χ2n) is 10.0. The molecule has 0 N–H and O–H groups in total. The molecule has 6 rings (SSSR count).